The van der Waals surface area contributed by atoms with Gasteiger partial charge in [-0.15, -0.1) is 0 Å². The summed E-state index contributed by atoms with van der Waals surface area (Å²) in [5, 5.41) is 9.43. The molecule has 0 amide bonds. The monoisotopic (exact) mass is 235 g/mol. The highest BCUT2D eigenvalue weighted by Crippen LogP contribution is 2.40. The fourth-order valence-corrected chi connectivity index (χ4v) is 2.45. The number of hydrogen-bond donors (Lipinski definition) is 1. The Labute approximate surface area is 103 Å². The molecule has 1 aliphatic carbocycles. The van der Waals surface area contributed by atoms with Gasteiger partial charge in [-0.1, -0.05) is 6.42 Å². The van der Waals surface area contributed by atoms with Gasteiger partial charge < -0.3 is 5.11 Å². The van der Waals surface area contributed by atoms with Crippen molar-refractivity contribution in [2.75, 3.05) is 20.2 Å². The first-order valence-corrected chi connectivity index (χ1v) is 6.20. The Hall–Kier alpha value is -1.00. The molecule has 0 aromatic carbocycles. The van der Waals surface area contributed by atoms with Crippen LogP contribution in [0.1, 0.15) is 30.7 Å². The van der Waals surface area contributed by atoms with E-state index in [0.29, 0.717) is 6.61 Å². The number of hydrogen-bond acceptors (Lipinski definition) is 4. The van der Waals surface area contributed by atoms with Gasteiger partial charge in [-0.2, -0.15) is 0 Å². The number of nitrogens with zero attached hydrogens (tertiary/aromatic N) is 3. The summed E-state index contributed by atoms with van der Waals surface area (Å²) in [6, 6.07) is 0. The molecular weight excluding hydrogens is 214 g/mol. The molecule has 1 saturated carbocycles. The first kappa shape index (κ1) is 12.5. The topological polar surface area (TPSA) is 49.2 Å². The highest BCUT2D eigenvalue weighted by Gasteiger charge is 2.37. The predicted octanol–water partition coefficient (Wildman–Crippen LogP) is 1.38. The van der Waals surface area contributed by atoms with Gasteiger partial charge in [0, 0.05) is 37.5 Å². The zero-order valence-corrected chi connectivity index (χ0v) is 10.7. The first-order valence-electron chi connectivity index (χ1n) is 6.20. The molecule has 1 aromatic heterocycles. The van der Waals surface area contributed by atoms with Crippen LogP contribution < -0.4 is 0 Å². The third kappa shape index (κ3) is 3.01. The van der Waals surface area contributed by atoms with Crippen LogP contribution in [0.3, 0.4) is 0 Å². The van der Waals surface area contributed by atoms with Crippen LogP contribution in [0.2, 0.25) is 0 Å². The lowest BCUT2D eigenvalue weighted by molar-refractivity contribution is 0.0124. The summed E-state index contributed by atoms with van der Waals surface area (Å²) in [6.45, 7) is 3.99. The van der Waals surface area contributed by atoms with Gasteiger partial charge in [0.05, 0.1) is 11.4 Å². The van der Waals surface area contributed by atoms with E-state index < -0.39 is 0 Å². The molecule has 0 unspecified atom stereocenters. The average molecular weight is 235 g/mol. The van der Waals surface area contributed by atoms with Gasteiger partial charge >= 0.3 is 0 Å². The summed E-state index contributed by atoms with van der Waals surface area (Å²) >= 11 is 0. The minimum absolute atomic E-state index is 0.146. The first-order chi connectivity index (χ1) is 8.13. The van der Waals surface area contributed by atoms with Crippen molar-refractivity contribution in [1.29, 1.82) is 0 Å². The maximum Gasteiger partial charge on any atom is 0.0726 e. The highest BCUT2D eigenvalue weighted by atomic mass is 16.3. The van der Waals surface area contributed by atoms with Crippen LogP contribution in [0.15, 0.2) is 12.4 Å². The molecule has 0 saturated heterocycles. The molecule has 1 heterocycles. The van der Waals surface area contributed by atoms with Gasteiger partial charge in [-0.05, 0) is 26.8 Å². The predicted molar refractivity (Wildman–Crippen MR) is 66.5 cm³/mol. The maximum absolute atomic E-state index is 9.43. The molecule has 0 spiro atoms. The Morgan fingerprint density at radius 2 is 2.12 bits per heavy atom. The average Bonchev–Trinajstić information content (AvgIpc) is 2.27. The van der Waals surface area contributed by atoms with Crippen molar-refractivity contribution >= 4 is 0 Å². The van der Waals surface area contributed by atoms with E-state index in [1.807, 2.05) is 13.1 Å². The second-order valence-corrected chi connectivity index (χ2v) is 5.33. The van der Waals surface area contributed by atoms with E-state index >= 15 is 0 Å². The summed E-state index contributed by atoms with van der Waals surface area (Å²) in [7, 11) is 2.08. The van der Waals surface area contributed by atoms with E-state index in [4.69, 9.17) is 0 Å². The summed E-state index contributed by atoms with van der Waals surface area (Å²) in [6.07, 6.45) is 7.17. The molecule has 1 aliphatic rings. The molecule has 17 heavy (non-hydrogen) atoms. The lowest BCUT2D eigenvalue weighted by Gasteiger charge is -2.42. The Morgan fingerprint density at radius 1 is 1.35 bits per heavy atom. The summed E-state index contributed by atoms with van der Waals surface area (Å²) in [5.41, 5.74) is 2.08. The van der Waals surface area contributed by atoms with Crippen LogP contribution in [-0.2, 0) is 6.54 Å². The third-order valence-electron chi connectivity index (χ3n) is 3.62. The van der Waals surface area contributed by atoms with Gasteiger partial charge in [-0.3, -0.25) is 14.9 Å². The van der Waals surface area contributed by atoms with Gasteiger partial charge in [0.2, 0.25) is 0 Å². The van der Waals surface area contributed by atoms with Crippen molar-refractivity contribution < 1.29 is 5.11 Å². The zero-order valence-electron chi connectivity index (χ0n) is 10.7. The molecule has 4 nitrogen and oxygen atoms in total. The van der Waals surface area contributed by atoms with Crippen LogP contribution in [0.25, 0.3) is 0 Å². The Morgan fingerprint density at radius 3 is 2.59 bits per heavy atom. The van der Waals surface area contributed by atoms with Crippen molar-refractivity contribution in [3.05, 3.63) is 23.8 Å². The SMILES string of the molecule is Cc1cnc(CN(C)CC2(CO)CCC2)cn1. The normalized spacial score (nSPS) is 18.1. The third-order valence-corrected chi connectivity index (χ3v) is 3.62. The van der Waals surface area contributed by atoms with Crippen molar-refractivity contribution in [1.82, 2.24) is 14.9 Å². The molecule has 2 rings (SSSR count). The van der Waals surface area contributed by atoms with Gasteiger partial charge in [0.1, 0.15) is 0 Å². The minimum Gasteiger partial charge on any atom is -0.396 e. The minimum atomic E-state index is 0.146. The molecule has 94 valence electrons. The molecule has 1 aromatic rings. The molecule has 1 fully saturated rings. The number of aryl methyl sites for hydroxylation is 1. The fourth-order valence-electron chi connectivity index (χ4n) is 2.45. The van der Waals surface area contributed by atoms with Crippen LogP contribution in [0.5, 0.6) is 0 Å². The van der Waals surface area contributed by atoms with Gasteiger partial charge in [0.25, 0.3) is 0 Å². The smallest absolute Gasteiger partial charge is 0.0726 e. The number of aliphatic hydroxyl groups excluding tert-OH is 1. The number of aliphatic hydroxyl groups is 1. The molecule has 0 bridgehead atoms. The standard InChI is InChI=1S/C13H21N3O/c1-11-6-15-12(7-14-11)8-16(2)9-13(10-17)4-3-5-13/h6-7,17H,3-5,8-10H2,1-2H3. The summed E-state index contributed by atoms with van der Waals surface area (Å²) < 4.78 is 0. The lowest BCUT2D eigenvalue weighted by Crippen LogP contribution is -2.43. The fraction of sp³-hybridized carbons (Fsp3) is 0.692. The van der Waals surface area contributed by atoms with Gasteiger partial charge in [0.15, 0.2) is 0 Å². The molecular formula is C13H21N3O. The van der Waals surface area contributed by atoms with E-state index in [9.17, 15) is 5.11 Å². The van der Waals surface area contributed by atoms with E-state index in [0.717, 1.165) is 37.3 Å². The number of rotatable bonds is 5. The molecule has 1 N–H and O–H groups in total. The van der Waals surface area contributed by atoms with Crippen LogP contribution in [0, 0.1) is 12.3 Å². The largest absolute Gasteiger partial charge is 0.396 e. The Balaban J connectivity index is 1.88. The highest BCUT2D eigenvalue weighted by molar-refractivity contribution is 5.01. The Kier molecular flexibility index (Phi) is 3.74. The van der Waals surface area contributed by atoms with Crippen molar-refractivity contribution in [3.63, 3.8) is 0 Å². The van der Waals surface area contributed by atoms with E-state index in [1.165, 1.54) is 6.42 Å². The van der Waals surface area contributed by atoms with Crippen molar-refractivity contribution in [2.24, 2.45) is 5.41 Å². The number of aromatic nitrogens is 2. The molecule has 0 atom stereocenters. The molecule has 0 aliphatic heterocycles. The summed E-state index contributed by atoms with van der Waals surface area (Å²) in [5.74, 6) is 0. The van der Waals surface area contributed by atoms with Crippen LogP contribution >= 0.6 is 0 Å². The van der Waals surface area contributed by atoms with Crippen molar-refractivity contribution in [3.8, 4) is 0 Å². The lowest BCUT2D eigenvalue weighted by atomic mass is 9.69. The quantitative estimate of drug-likeness (QED) is 0.837. The van der Waals surface area contributed by atoms with E-state index in [2.05, 4.69) is 21.9 Å². The van der Waals surface area contributed by atoms with Crippen LogP contribution in [-0.4, -0.2) is 40.2 Å². The van der Waals surface area contributed by atoms with E-state index in [1.54, 1.807) is 6.20 Å². The van der Waals surface area contributed by atoms with Crippen molar-refractivity contribution in [2.45, 2.75) is 32.7 Å². The zero-order chi connectivity index (χ0) is 12.3. The maximum atomic E-state index is 9.43. The second kappa shape index (κ2) is 5.10. The second-order valence-electron chi connectivity index (χ2n) is 5.33. The van der Waals surface area contributed by atoms with E-state index in [-0.39, 0.29) is 5.41 Å². The van der Waals surface area contributed by atoms with Crippen LogP contribution in [0.4, 0.5) is 0 Å². The van der Waals surface area contributed by atoms with Gasteiger partial charge in [-0.25, -0.2) is 0 Å². The Bertz CT molecular complexity index is 354. The molecule has 4 heteroatoms. The summed E-state index contributed by atoms with van der Waals surface area (Å²) in [4.78, 5) is 10.8. The molecule has 0 radical (unpaired) electrons.